The molecule has 1 heterocycles. The lowest BCUT2D eigenvalue weighted by Crippen LogP contribution is -2.26. The molecule has 84 valence electrons. The molecule has 2 unspecified atom stereocenters. The zero-order valence-corrected chi connectivity index (χ0v) is 10.1. The predicted molar refractivity (Wildman–Crippen MR) is 60.9 cm³/mol. The molecule has 1 aromatic heterocycles. The Bertz CT molecular complexity index is 321. The second-order valence-electron chi connectivity index (χ2n) is 4.77. The van der Waals surface area contributed by atoms with E-state index in [0.29, 0.717) is 23.2 Å². The lowest BCUT2D eigenvalue weighted by Gasteiger charge is -2.35. The molecule has 1 aliphatic rings. The third kappa shape index (κ3) is 2.17. The minimum Gasteiger partial charge on any atom is -0.301 e. The van der Waals surface area contributed by atoms with Crippen LogP contribution in [0.1, 0.15) is 45.6 Å². The van der Waals surface area contributed by atoms with Crippen molar-refractivity contribution in [2.45, 2.75) is 45.6 Å². The average molecular weight is 228 g/mol. The normalized spacial score (nSPS) is 27.2. The maximum Gasteiger partial charge on any atom is 0.225 e. The van der Waals surface area contributed by atoms with Gasteiger partial charge in [-0.15, -0.1) is 10.2 Å². The third-order valence-corrected chi connectivity index (χ3v) is 3.80. The minimum absolute atomic E-state index is 0.501. The number of nitrogens with zero attached hydrogens (tertiary/aromatic N) is 3. The minimum atomic E-state index is 0.501. The van der Waals surface area contributed by atoms with E-state index in [1.807, 2.05) is 4.57 Å². The number of hydrogen-bond acceptors (Lipinski definition) is 2. The van der Waals surface area contributed by atoms with Crippen LogP contribution in [0.2, 0.25) is 5.28 Å². The molecular weight excluding hydrogens is 210 g/mol. The van der Waals surface area contributed by atoms with Gasteiger partial charge in [0.25, 0.3) is 0 Å². The molecule has 0 saturated heterocycles. The highest BCUT2D eigenvalue weighted by molar-refractivity contribution is 6.28. The van der Waals surface area contributed by atoms with Gasteiger partial charge in [0, 0.05) is 6.04 Å². The zero-order valence-electron chi connectivity index (χ0n) is 9.36. The Morgan fingerprint density at radius 3 is 2.73 bits per heavy atom. The smallest absolute Gasteiger partial charge is 0.225 e. The van der Waals surface area contributed by atoms with Gasteiger partial charge >= 0.3 is 0 Å². The van der Waals surface area contributed by atoms with Gasteiger partial charge in [0.05, 0.1) is 0 Å². The lowest BCUT2D eigenvalue weighted by atomic mass is 9.78. The molecule has 0 aromatic carbocycles. The molecule has 0 aliphatic heterocycles. The van der Waals surface area contributed by atoms with Crippen molar-refractivity contribution >= 4 is 11.6 Å². The standard InChI is InChI=1S/C11H18ClN3/c1-8(2)9-5-3-4-6-10(9)15-7-13-14-11(15)12/h7-10H,3-6H2,1-2H3. The molecule has 2 atom stereocenters. The lowest BCUT2D eigenvalue weighted by molar-refractivity contribution is 0.184. The fourth-order valence-electron chi connectivity index (χ4n) is 2.71. The summed E-state index contributed by atoms with van der Waals surface area (Å²) < 4.78 is 2.05. The van der Waals surface area contributed by atoms with Crippen LogP contribution in [0, 0.1) is 11.8 Å². The maximum atomic E-state index is 6.03. The molecular formula is C11H18ClN3. The summed E-state index contributed by atoms with van der Waals surface area (Å²) >= 11 is 6.03. The molecule has 1 fully saturated rings. The van der Waals surface area contributed by atoms with Crippen molar-refractivity contribution in [1.82, 2.24) is 14.8 Å². The molecule has 3 nitrogen and oxygen atoms in total. The Morgan fingerprint density at radius 1 is 1.40 bits per heavy atom. The van der Waals surface area contributed by atoms with E-state index in [-0.39, 0.29) is 0 Å². The topological polar surface area (TPSA) is 30.7 Å². The first-order valence-electron chi connectivity index (χ1n) is 5.75. The molecule has 0 spiro atoms. The van der Waals surface area contributed by atoms with Crippen molar-refractivity contribution in [2.24, 2.45) is 11.8 Å². The van der Waals surface area contributed by atoms with E-state index >= 15 is 0 Å². The Labute approximate surface area is 95.8 Å². The first-order valence-corrected chi connectivity index (χ1v) is 6.13. The zero-order chi connectivity index (χ0) is 10.8. The van der Waals surface area contributed by atoms with Crippen LogP contribution in [0.5, 0.6) is 0 Å². The van der Waals surface area contributed by atoms with Gasteiger partial charge in [-0.25, -0.2) is 0 Å². The number of hydrogen-bond donors (Lipinski definition) is 0. The number of rotatable bonds is 2. The van der Waals surface area contributed by atoms with Gasteiger partial charge in [-0.2, -0.15) is 0 Å². The maximum absolute atomic E-state index is 6.03. The van der Waals surface area contributed by atoms with Crippen molar-refractivity contribution in [3.05, 3.63) is 11.6 Å². The summed E-state index contributed by atoms with van der Waals surface area (Å²) in [6.07, 6.45) is 6.92. The molecule has 2 rings (SSSR count). The molecule has 0 N–H and O–H groups in total. The van der Waals surface area contributed by atoms with E-state index in [0.717, 1.165) is 0 Å². The Kier molecular flexibility index (Phi) is 3.29. The van der Waals surface area contributed by atoms with E-state index in [1.165, 1.54) is 25.7 Å². The van der Waals surface area contributed by atoms with Crippen LogP contribution in [0.15, 0.2) is 6.33 Å². The highest BCUT2D eigenvalue weighted by Gasteiger charge is 2.29. The quantitative estimate of drug-likeness (QED) is 0.776. The van der Waals surface area contributed by atoms with Crippen LogP contribution >= 0.6 is 11.6 Å². The average Bonchev–Trinajstić information content (AvgIpc) is 2.64. The van der Waals surface area contributed by atoms with Crippen LogP contribution in [0.4, 0.5) is 0 Å². The highest BCUT2D eigenvalue weighted by Crippen LogP contribution is 2.39. The fourth-order valence-corrected chi connectivity index (χ4v) is 2.93. The van der Waals surface area contributed by atoms with E-state index < -0.39 is 0 Å². The van der Waals surface area contributed by atoms with Crippen molar-refractivity contribution in [1.29, 1.82) is 0 Å². The Morgan fingerprint density at radius 2 is 2.13 bits per heavy atom. The SMILES string of the molecule is CC(C)C1CCCCC1n1cnnc1Cl. The Balaban J connectivity index is 2.21. The van der Waals surface area contributed by atoms with Gasteiger partial charge in [-0.05, 0) is 36.3 Å². The molecule has 15 heavy (non-hydrogen) atoms. The summed E-state index contributed by atoms with van der Waals surface area (Å²) in [7, 11) is 0. The van der Waals surface area contributed by atoms with Gasteiger partial charge in [0.15, 0.2) is 0 Å². The molecule has 0 radical (unpaired) electrons. The number of halogens is 1. The van der Waals surface area contributed by atoms with E-state index in [1.54, 1.807) is 6.33 Å². The first kappa shape index (κ1) is 10.9. The number of aromatic nitrogens is 3. The fraction of sp³-hybridized carbons (Fsp3) is 0.818. The summed E-state index contributed by atoms with van der Waals surface area (Å²) in [6, 6.07) is 0.501. The highest BCUT2D eigenvalue weighted by atomic mass is 35.5. The molecule has 1 saturated carbocycles. The first-order chi connectivity index (χ1) is 7.20. The summed E-state index contributed by atoms with van der Waals surface area (Å²) in [6.45, 7) is 4.59. The van der Waals surface area contributed by atoms with E-state index in [9.17, 15) is 0 Å². The molecule has 4 heteroatoms. The van der Waals surface area contributed by atoms with Gasteiger partial charge in [-0.3, -0.25) is 0 Å². The summed E-state index contributed by atoms with van der Waals surface area (Å²) in [4.78, 5) is 0. The Hall–Kier alpha value is -0.570. The van der Waals surface area contributed by atoms with Crippen molar-refractivity contribution in [3.8, 4) is 0 Å². The second kappa shape index (κ2) is 4.52. The van der Waals surface area contributed by atoms with Crippen molar-refractivity contribution in [3.63, 3.8) is 0 Å². The van der Waals surface area contributed by atoms with Crippen LogP contribution in [-0.4, -0.2) is 14.8 Å². The summed E-state index contributed by atoms with van der Waals surface area (Å²) in [5, 5.41) is 8.27. The monoisotopic (exact) mass is 227 g/mol. The molecule has 1 aliphatic carbocycles. The van der Waals surface area contributed by atoms with Crippen LogP contribution in [-0.2, 0) is 0 Å². The third-order valence-electron chi connectivity index (χ3n) is 3.52. The predicted octanol–water partition coefficient (Wildman–Crippen LogP) is 3.32. The van der Waals surface area contributed by atoms with E-state index in [4.69, 9.17) is 11.6 Å². The molecule has 0 amide bonds. The van der Waals surface area contributed by atoms with Gasteiger partial charge < -0.3 is 4.57 Å². The second-order valence-corrected chi connectivity index (χ2v) is 5.10. The summed E-state index contributed by atoms with van der Waals surface area (Å²) in [5.41, 5.74) is 0. The molecule has 0 bridgehead atoms. The molecule has 1 aromatic rings. The van der Waals surface area contributed by atoms with Gasteiger partial charge in [0.1, 0.15) is 6.33 Å². The largest absolute Gasteiger partial charge is 0.301 e. The van der Waals surface area contributed by atoms with Gasteiger partial charge in [-0.1, -0.05) is 26.7 Å². The van der Waals surface area contributed by atoms with Crippen LogP contribution in [0.25, 0.3) is 0 Å². The van der Waals surface area contributed by atoms with E-state index in [2.05, 4.69) is 24.0 Å². The van der Waals surface area contributed by atoms with Crippen LogP contribution < -0.4 is 0 Å². The summed E-state index contributed by atoms with van der Waals surface area (Å²) in [5.74, 6) is 1.42. The van der Waals surface area contributed by atoms with Crippen LogP contribution in [0.3, 0.4) is 0 Å². The van der Waals surface area contributed by atoms with Crippen molar-refractivity contribution < 1.29 is 0 Å². The van der Waals surface area contributed by atoms with Crippen molar-refractivity contribution in [2.75, 3.05) is 0 Å². The van der Waals surface area contributed by atoms with Gasteiger partial charge in [0.2, 0.25) is 5.28 Å².